The Morgan fingerprint density at radius 1 is 0.812 bits per heavy atom. The predicted molar refractivity (Wildman–Crippen MR) is 102 cm³/mol. The largest absolute Gasteiger partial charge is 0.573 e. The lowest BCUT2D eigenvalue weighted by Crippen LogP contribution is -2.19. The zero-order valence-electron chi connectivity index (χ0n) is 16.6. The molecule has 3 aromatic carbocycles. The van der Waals surface area contributed by atoms with Crippen molar-refractivity contribution in [3.05, 3.63) is 82.4 Å². The van der Waals surface area contributed by atoms with Crippen LogP contribution in [0.2, 0.25) is 0 Å². The first-order valence-electron chi connectivity index (χ1n) is 9.51. The highest BCUT2D eigenvalue weighted by Crippen LogP contribution is 2.36. The molecular weight excluding hydrogens is 441 g/mol. The van der Waals surface area contributed by atoms with Crippen LogP contribution in [0.15, 0.2) is 42.5 Å². The lowest BCUT2D eigenvalue weighted by Gasteiger charge is -2.13. The van der Waals surface area contributed by atoms with Crippen LogP contribution in [-0.4, -0.2) is 6.36 Å². The van der Waals surface area contributed by atoms with Gasteiger partial charge < -0.3 is 4.74 Å². The molecule has 0 aliphatic rings. The van der Waals surface area contributed by atoms with E-state index in [2.05, 4.69) is 4.74 Å². The molecule has 0 bridgehead atoms. The van der Waals surface area contributed by atoms with Crippen molar-refractivity contribution in [3.8, 4) is 22.6 Å². The summed E-state index contributed by atoms with van der Waals surface area (Å²) in [5, 5.41) is 12.2. The number of alkyl halides is 3. The van der Waals surface area contributed by atoms with Crippen molar-refractivity contribution in [2.75, 3.05) is 0 Å². The second-order valence-electron chi connectivity index (χ2n) is 7.01. The van der Waals surface area contributed by atoms with Gasteiger partial charge in [0.05, 0.1) is 5.56 Å². The van der Waals surface area contributed by atoms with Gasteiger partial charge in [-0.25, -0.2) is 17.6 Å². The molecular formula is C23H16F7O2. The maximum absolute atomic E-state index is 15.0. The van der Waals surface area contributed by atoms with Crippen molar-refractivity contribution in [2.24, 2.45) is 0 Å². The molecule has 3 aromatic rings. The monoisotopic (exact) mass is 457 g/mol. The maximum Gasteiger partial charge on any atom is 0.573 e. The number of aryl methyl sites for hydroxylation is 2. The average Bonchev–Trinajstić information content (AvgIpc) is 2.70. The Hall–Kier alpha value is -3.23. The quantitative estimate of drug-likeness (QED) is 0.357. The van der Waals surface area contributed by atoms with Crippen molar-refractivity contribution in [1.29, 1.82) is 0 Å². The van der Waals surface area contributed by atoms with E-state index in [9.17, 15) is 31.4 Å². The number of hydrogen-bond acceptors (Lipinski definition) is 1. The number of benzene rings is 3. The molecule has 0 heterocycles. The van der Waals surface area contributed by atoms with Gasteiger partial charge in [0.1, 0.15) is 11.6 Å². The second kappa shape index (κ2) is 9.10. The van der Waals surface area contributed by atoms with Crippen LogP contribution in [0.3, 0.4) is 0 Å². The molecule has 32 heavy (non-hydrogen) atoms. The SMILES string of the molecule is CCc1ccc(-c2c([O])cc(F)c(CCc3cc(F)c(OC(F)(F)F)c(F)c3)c2F)cc1. The van der Waals surface area contributed by atoms with E-state index in [4.69, 9.17) is 0 Å². The van der Waals surface area contributed by atoms with Crippen LogP contribution in [0.25, 0.3) is 11.1 Å². The van der Waals surface area contributed by atoms with Gasteiger partial charge in [-0.1, -0.05) is 31.2 Å². The van der Waals surface area contributed by atoms with Crippen LogP contribution in [0.4, 0.5) is 30.7 Å². The summed E-state index contributed by atoms with van der Waals surface area (Å²) in [4.78, 5) is 0. The van der Waals surface area contributed by atoms with Gasteiger partial charge in [-0.05, 0) is 48.1 Å². The number of hydrogen-bond donors (Lipinski definition) is 0. The number of rotatable bonds is 6. The summed E-state index contributed by atoms with van der Waals surface area (Å²) in [6.45, 7) is 1.91. The maximum atomic E-state index is 15.0. The van der Waals surface area contributed by atoms with E-state index in [1.807, 2.05) is 6.92 Å². The van der Waals surface area contributed by atoms with Crippen molar-refractivity contribution in [1.82, 2.24) is 0 Å². The molecule has 0 aliphatic carbocycles. The van der Waals surface area contributed by atoms with Crippen LogP contribution in [0.1, 0.15) is 23.6 Å². The summed E-state index contributed by atoms with van der Waals surface area (Å²) < 4.78 is 97.1. The van der Waals surface area contributed by atoms with Crippen LogP contribution >= 0.6 is 0 Å². The molecule has 0 amide bonds. The zero-order chi connectivity index (χ0) is 23.6. The molecule has 3 rings (SSSR count). The minimum Gasteiger partial charge on any atom is -0.399 e. The summed E-state index contributed by atoms with van der Waals surface area (Å²) in [5.74, 6) is -7.92. The Morgan fingerprint density at radius 2 is 1.41 bits per heavy atom. The van der Waals surface area contributed by atoms with E-state index < -0.39 is 53.1 Å². The van der Waals surface area contributed by atoms with Crippen molar-refractivity contribution in [3.63, 3.8) is 0 Å². The topological polar surface area (TPSA) is 29.1 Å². The summed E-state index contributed by atoms with van der Waals surface area (Å²) in [5.41, 5.74) is 0.238. The lowest BCUT2D eigenvalue weighted by molar-refractivity contribution is -0.276. The summed E-state index contributed by atoms with van der Waals surface area (Å²) in [6.07, 6.45) is -5.26. The summed E-state index contributed by atoms with van der Waals surface area (Å²) >= 11 is 0. The fourth-order valence-electron chi connectivity index (χ4n) is 3.28. The average molecular weight is 457 g/mol. The highest BCUT2D eigenvalue weighted by molar-refractivity contribution is 5.72. The van der Waals surface area contributed by atoms with Gasteiger partial charge in [-0.3, -0.25) is 5.11 Å². The number of ether oxygens (including phenoxy) is 1. The molecule has 0 spiro atoms. The minimum absolute atomic E-state index is 0.145. The van der Waals surface area contributed by atoms with E-state index in [0.717, 1.165) is 12.0 Å². The van der Waals surface area contributed by atoms with Gasteiger partial charge in [0.25, 0.3) is 0 Å². The Kier molecular flexibility index (Phi) is 6.66. The molecule has 0 aromatic heterocycles. The molecule has 2 nitrogen and oxygen atoms in total. The van der Waals surface area contributed by atoms with Crippen molar-refractivity contribution >= 4 is 0 Å². The normalized spacial score (nSPS) is 11.6. The third-order valence-corrected chi connectivity index (χ3v) is 4.87. The Balaban J connectivity index is 1.90. The standard InChI is InChI=1S/C23H16F7O2/c1-2-12-3-6-14(7-4-12)20-19(31)11-16(24)15(21(20)27)8-5-13-9-17(25)22(18(26)10-13)32-23(28,29)30/h3-4,6-7,9-11H,2,5,8H2,1H3. The third kappa shape index (κ3) is 5.15. The molecule has 0 atom stereocenters. The Bertz CT molecular complexity index is 1100. The van der Waals surface area contributed by atoms with Crippen molar-refractivity contribution in [2.45, 2.75) is 32.5 Å². The number of halogens is 7. The lowest BCUT2D eigenvalue weighted by atomic mass is 9.96. The second-order valence-corrected chi connectivity index (χ2v) is 7.01. The first kappa shape index (κ1) is 23.4. The Morgan fingerprint density at radius 3 is 1.94 bits per heavy atom. The van der Waals surface area contributed by atoms with Crippen LogP contribution in [-0.2, 0) is 24.4 Å². The van der Waals surface area contributed by atoms with Crippen LogP contribution < -0.4 is 4.74 Å². The fourth-order valence-corrected chi connectivity index (χ4v) is 3.28. The van der Waals surface area contributed by atoms with E-state index >= 15 is 4.39 Å². The van der Waals surface area contributed by atoms with Gasteiger partial charge in [0, 0.05) is 11.6 Å². The van der Waals surface area contributed by atoms with Gasteiger partial charge >= 0.3 is 6.36 Å². The van der Waals surface area contributed by atoms with Crippen LogP contribution in [0.5, 0.6) is 11.5 Å². The zero-order valence-corrected chi connectivity index (χ0v) is 16.6. The Labute approximate surface area is 178 Å². The third-order valence-electron chi connectivity index (χ3n) is 4.87. The minimum atomic E-state index is -5.29. The van der Waals surface area contributed by atoms with E-state index in [1.165, 1.54) is 12.1 Å². The molecule has 9 heteroatoms. The first-order valence-corrected chi connectivity index (χ1v) is 9.51. The predicted octanol–water partition coefficient (Wildman–Crippen LogP) is 7.30. The molecule has 169 valence electrons. The highest BCUT2D eigenvalue weighted by Gasteiger charge is 2.34. The van der Waals surface area contributed by atoms with Gasteiger partial charge in [-0.15, -0.1) is 13.2 Å². The molecule has 0 saturated carbocycles. The molecule has 1 radical (unpaired) electrons. The highest BCUT2D eigenvalue weighted by atomic mass is 19.4. The van der Waals surface area contributed by atoms with E-state index in [0.29, 0.717) is 18.2 Å². The van der Waals surface area contributed by atoms with Crippen molar-refractivity contribution < 1.29 is 40.6 Å². The van der Waals surface area contributed by atoms with Gasteiger partial charge in [0.2, 0.25) is 5.75 Å². The van der Waals surface area contributed by atoms with E-state index in [1.54, 1.807) is 12.1 Å². The van der Waals surface area contributed by atoms with Crippen LogP contribution in [0, 0.1) is 23.3 Å². The molecule has 0 aliphatic heterocycles. The van der Waals surface area contributed by atoms with Gasteiger partial charge in [-0.2, -0.15) is 0 Å². The molecule has 0 N–H and O–H groups in total. The smallest absolute Gasteiger partial charge is 0.399 e. The fraction of sp³-hybridized carbons (Fsp3) is 0.217. The summed E-state index contributed by atoms with van der Waals surface area (Å²) in [7, 11) is 0. The van der Waals surface area contributed by atoms with Gasteiger partial charge in [0.15, 0.2) is 17.4 Å². The molecule has 0 fully saturated rings. The molecule has 0 unspecified atom stereocenters. The van der Waals surface area contributed by atoms with E-state index in [-0.39, 0.29) is 23.1 Å². The molecule has 0 saturated heterocycles. The first-order chi connectivity index (χ1) is 15.0. The summed E-state index contributed by atoms with van der Waals surface area (Å²) in [6, 6.07) is 8.28.